The molecular weight excluding hydrogens is 354 g/mol. The van der Waals surface area contributed by atoms with Crippen LogP contribution in [0, 0.1) is 6.92 Å². The van der Waals surface area contributed by atoms with Crippen LogP contribution in [0.15, 0.2) is 53.4 Å². The molecule has 0 aliphatic heterocycles. The molecule has 0 aromatic heterocycles. The zero-order chi connectivity index (χ0) is 19.3. The Morgan fingerprint density at radius 1 is 1.04 bits per heavy atom. The van der Waals surface area contributed by atoms with Gasteiger partial charge in [-0.25, -0.2) is 13.2 Å². The molecular formula is C19H21NO5S. The van der Waals surface area contributed by atoms with Crippen molar-refractivity contribution < 1.29 is 22.7 Å². The van der Waals surface area contributed by atoms with Crippen molar-refractivity contribution in [3.05, 3.63) is 65.2 Å². The highest BCUT2D eigenvalue weighted by molar-refractivity contribution is 7.90. The first kappa shape index (κ1) is 19.7. The molecule has 2 rings (SSSR count). The summed E-state index contributed by atoms with van der Waals surface area (Å²) in [6.45, 7) is 2.01. The van der Waals surface area contributed by atoms with Gasteiger partial charge in [0.15, 0.2) is 16.4 Å². The van der Waals surface area contributed by atoms with Crippen molar-refractivity contribution in [2.45, 2.75) is 18.4 Å². The quantitative estimate of drug-likeness (QED) is 0.723. The number of amides is 1. The van der Waals surface area contributed by atoms with E-state index in [0.29, 0.717) is 6.54 Å². The molecule has 2 aromatic rings. The second kappa shape index (κ2) is 8.14. The van der Waals surface area contributed by atoms with Crippen molar-refractivity contribution in [1.29, 1.82) is 0 Å². The van der Waals surface area contributed by atoms with Crippen LogP contribution in [0.3, 0.4) is 0 Å². The first-order valence-electron chi connectivity index (χ1n) is 7.94. The second-order valence-electron chi connectivity index (χ2n) is 6.05. The van der Waals surface area contributed by atoms with Gasteiger partial charge in [-0.2, -0.15) is 0 Å². The van der Waals surface area contributed by atoms with Crippen LogP contribution in [0.4, 0.5) is 0 Å². The van der Waals surface area contributed by atoms with Gasteiger partial charge in [-0.15, -0.1) is 0 Å². The van der Waals surface area contributed by atoms with E-state index in [1.807, 2.05) is 31.2 Å². The molecule has 0 bridgehead atoms. The highest BCUT2D eigenvalue weighted by Crippen LogP contribution is 2.12. The molecule has 6 nitrogen and oxygen atoms in total. The van der Waals surface area contributed by atoms with E-state index in [-0.39, 0.29) is 23.0 Å². The Balaban J connectivity index is 1.92. The minimum atomic E-state index is -3.33. The molecule has 26 heavy (non-hydrogen) atoms. The molecule has 0 spiro atoms. The highest BCUT2D eigenvalue weighted by atomic mass is 32.2. The van der Waals surface area contributed by atoms with E-state index >= 15 is 0 Å². The summed E-state index contributed by atoms with van der Waals surface area (Å²) in [7, 11) is -1.69. The zero-order valence-corrected chi connectivity index (χ0v) is 15.7. The molecule has 0 atom stereocenters. The molecule has 0 fully saturated rings. The second-order valence-corrected chi connectivity index (χ2v) is 8.06. The third-order valence-corrected chi connectivity index (χ3v) is 5.07. The zero-order valence-electron chi connectivity index (χ0n) is 14.9. The summed E-state index contributed by atoms with van der Waals surface area (Å²) >= 11 is 0. The maximum atomic E-state index is 12.1. The number of hydrogen-bond acceptors (Lipinski definition) is 5. The summed E-state index contributed by atoms with van der Waals surface area (Å²) in [6.07, 6.45) is 1.09. The summed E-state index contributed by atoms with van der Waals surface area (Å²) in [5.41, 5.74) is 2.29. The third kappa shape index (κ3) is 5.16. The number of carbonyl (C=O) groups is 2. The molecule has 0 N–H and O–H groups in total. The average Bonchev–Trinajstić information content (AvgIpc) is 2.60. The summed E-state index contributed by atoms with van der Waals surface area (Å²) in [4.78, 5) is 25.8. The van der Waals surface area contributed by atoms with Crippen LogP contribution in [-0.4, -0.2) is 45.1 Å². The maximum absolute atomic E-state index is 12.1. The van der Waals surface area contributed by atoms with Gasteiger partial charge in [0.2, 0.25) is 0 Å². The van der Waals surface area contributed by atoms with E-state index in [0.717, 1.165) is 17.4 Å². The van der Waals surface area contributed by atoms with Crippen LogP contribution in [0.2, 0.25) is 0 Å². The number of aryl methyl sites for hydroxylation is 1. The van der Waals surface area contributed by atoms with Crippen molar-refractivity contribution >= 4 is 21.7 Å². The molecule has 0 radical (unpaired) electrons. The summed E-state index contributed by atoms with van der Waals surface area (Å²) in [5, 5.41) is 0. The smallest absolute Gasteiger partial charge is 0.338 e. The number of carbonyl (C=O) groups excluding carboxylic acids is 2. The molecule has 2 aromatic carbocycles. The molecule has 0 unspecified atom stereocenters. The maximum Gasteiger partial charge on any atom is 0.338 e. The summed E-state index contributed by atoms with van der Waals surface area (Å²) < 4.78 is 27.8. The number of esters is 1. The largest absolute Gasteiger partial charge is 0.452 e. The fraction of sp³-hybridized carbons (Fsp3) is 0.263. The first-order valence-corrected chi connectivity index (χ1v) is 9.83. The predicted octanol–water partition coefficient (Wildman–Crippen LogP) is 2.21. The number of ether oxygens (including phenoxy) is 1. The normalized spacial score (nSPS) is 11.0. The number of benzene rings is 2. The topological polar surface area (TPSA) is 80.8 Å². The Morgan fingerprint density at radius 2 is 1.65 bits per heavy atom. The number of sulfone groups is 1. The van der Waals surface area contributed by atoms with Gasteiger partial charge in [-0.3, -0.25) is 4.79 Å². The minimum Gasteiger partial charge on any atom is -0.452 e. The molecule has 0 saturated heterocycles. The van der Waals surface area contributed by atoms with Crippen molar-refractivity contribution in [3.8, 4) is 0 Å². The van der Waals surface area contributed by atoms with Gasteiger partial charge in [0.05, 0.1) is 10.5 Å². The van der Waals surface area contributed by atoms with E-state index in [1.165, 1.54) is 29.2 Å². The molecule has 7 heteroatoms. The molecule has 0 aliphatic rings. The van der Waals surface area contributed by atoms with E-state index < -0.39 is 15.8 Å². The Kier molecular flexibility index (Phi) is 6.15. The fourth-order valence-electron chi connectivity index (χ4n) is 2.29. The van der Waals surface area contributed by atoms with Gasteiger partial charge in [0, 0.05) is 19.8 Å². The van der Waals surface area contributed by atoms with Crippen molar-refractivity contribution in [2.75, 3.05) is 19.9 Å². The van der Waals surface area contributed by atoms with Crippen LogP contribution in [0.1, 0.15) is 21.5 Å². The first-order chi connectivity index (χ1) is 12.2. The Morgan fingerprint density at radius 3 is 2.23 bits per heavy atom. The van der Waals surface area contributed by atoms with Crippen LogP contribution in [0.25, 0.3) is 0 Å². The van der Waals surface area contributed by atoms with E-state index in [1.54, 1.807) is 7.05 Å². The lowest BCUT2D eigenvalue weighted by atomic mass is 10.1. The average molecular weight is 375 g/mol. The van der Waals surface area contributed by atoms with E-state index in [2.05, 4.69) is 0 Å². The van der Waals surface area contributed by atoms with Gasteiger partial charge in [-0.1, -0.05) is 24.3 Å². The van der Waals surface area contributed by atoms with E-state index in [4.69, 9.17) is 4.74 Å². The number of rotatable bonds is 6. The van der Waals surface area contributed by atoms with E-state index in [9.17, 15) is 18.0 Å². The Bertz CT molecular complexity index is 904. The van der Waals surface area contributed by atoms with Crippen LogP contribution in [-0.2, 0) is 25.9 Å². The number of hydrogen-bond donors (Lipinski definition) is 0. The molecule has 0 saturated carbocycles. The van der Waals surface area contributed by atoms with Crippen molar-refractivity contribution in [1.82, 2.24) is 4.90 Å². The van der Waals surface area contributed by atoms with Crippen LogP contribution < -0.4 is 0 Å². The SMILES string of the molecule is Cc1ccccc1CN(C)C(=O)COC(=O)c1ccc(S(C)(=O)=O)cc1. The van der Waals surface area contributed by atoms with Crippen LogP contribution in [0.5, 0.6) is 0 Å². The van der Waals surface area contributed by atoms with Gasteiger partial charge < -0.3 is 9.64 Å². The lowest BCUT2D eigenvalue weighted by Gasteiger charge is -2.18. The van der Waals surface area contributed by atoms with Gasteiger partial charge in [-0.05, 0) is 42.3 Å². The monoisotopic (exact) mass is 375 g/mol. The molecule has 0 heterocycles. The Labute approximate surface area is 153 Å². The van der Waals surface area contributed by atoms with Crippen molar-refractivity contribution in [2.24, 2.45) is 0 Å². The highest BCUT2D eigenvalue weighted by Gasteiger charge is 2.15. The third-order valence-electron chi connectivity index (χ3n) is 3.94. The van der Waals surface area contributed by atoms with Gasteiger partial charge >= 0.3 is 5.97 Å². The summed E-state index contributed by atoms with van der Waals surface area (Å²) in [5.74, 6) is -1.00. The fourth-order valence-corrected chi connectivity index (χ4v) is 2.92. The molecule has 138 valence electrons. The Hall–Kier alpha value is -2.67. The molecule has 0 aliphatic carbocycles. The van der Waals surface area contributed by atoms with Gasteiger partial charge in [0.25, 0.3) is 5.91 Å². The number of likely N-dealkylation sites (N-methyl/N-ethyl adjacent to an activating group) is 1. The predicted molar refractivity (Wildman–Crippen MR) is 97.5 cm³/mol. The minimum absolute atomic E-state index is 0.114. The van der Waals surface area contributed by atoms with Gasteiger partial charge in [0.1, 0.15) is 0 Å². The molecule has 1 amide bonds. The number of nitrogens with zero attached hydrogens (tertiary/aromatic N) is 1. The van der Waals surface area contributed by atoms with Crippen LogP contribution >= 0.6 is 0 Å². The summed E-state index contributed by atoms with van der Waals surface area (Å²) in [6, 6.07) is 13.1. The standard InChI is InChI=1S/C19H21NO5S/c1-14-6-4-5-7-16(14)12-20(2)18(21)13-25-19(22)15-8-10-17(11-9-15)26(3,23)24/h4-11H,12-13H2,1-3H3. The lowest BCUT2D eigenvalue weighted by molar-refractivity contribution is -0.133. The lowest BCUT2D eigenvalue weighted by Crippen LogP contribution is -2.31. The van der Waals surface area contributed by atoms with Crippen molar-refractivity contribution in [3.63, 3.8) is 0 Å².